The Morgan fingerprint density at radius 1 is 0.327 bits per heavy atom. The maximum absolute atomic E-state index is 13.0. The summed E-state index contributed by atoms with van der Waals surface area (Å²) in [5.41, 5.74) is 10.5. The molecule has 2 aliphatic carbocycles. The number of thiophene rings is 4. The highest BCUT2D eigenvalue weighted by atomic mass is 32.1. The van der Waals surface area contributed by atoms with Gasteiger partial charge in [0.25, 0.3) is 0 Å². The van der Waals surface area contributed by atoms with Crippen molar-refractivity contribution in [2.75, 3.05) is 0 Å². The van der Waals surface area contributed by atoms with Crippen molar-refractivity contribution in [2.24, 2.45) is 0 Å². The number of halogens is 6. The molecule has 0 bridgehead atoms. The molecule has 18 heteroatoms. The van der Waals surface area contributed by atoms with E-state index < -0.39 is 61.5 Å². The van der Waals surface area contributed by atoms with E-state index in [1.165, 1.54) is 73.4 Å². The Morgan fingerprint density at radius 3 is 0.908 bits per heavy atom. The van der Waals surface area contributed by atoms with Crippen LogP contribution in [0.3, 0.4) is 0 Å². The number of carbonyl (C=O) groups is 4. The van der Waals surface area contributed by atoms with Crippen molar-refractivity contribution in [3.63, 3.8) is 0 Å². The quantitative estimate of drug-likeness (QED) is 0.0677. The summed E-state index contributed by atoms with van der Waals surface area (Å²) < 4.78 is 110. The largest absolute Gasteiger partial charge is 0.457 e. The molecule has 4 unspecified atom stereocenters. The fourth-order valence-electron chi connectivity index (χ4n) is 13.5. The van der Waals surface area contributed by atoms with Gasteiger partial charge in [-0.3, -0.25) is 19.2 Å². The topological polar surface area (TPSA) is 105 Å². The Hall–Kier alpha value is -9.46. The van der Waals surface area contributed by atoms with Gasteiger partial charge in [0.05, 0.1) is 18.8 Å². The van der Waals surface area contributed by atoms with Crippen LogP contribution in [-0.2, 0) is 38.1 Å². The minimum absolute atomic E-state index is 0.0602. The molecule has 98 heavy (non-hydrogen) atoms. The first-order valence-corrected chi connectivity index (χ1v) is 35.5. The van der Waals surface area contributed by atoms with Crippen LogP contribution in [0.25, 0.3) is 125 Å². The molecule has 8 nitrogen and oxygen atoms in total. The second-order valence-corrected chi connectivity index (χ2v) is 28.9. The first-order chi connectivity index (χ1) is 47.3. The molecule has 0 amide bonds. The van der Waals surface area contributed by atoms with Gasteiger partial charge < -0.3 is 18.9 Å². The highest BCUT2D eigenvalue weighted by Crippen LogP contribution is 2.50. The Bertz CT molecular complexity index is 5370. The van der Waals surface area contributed by atoms with Gasteiger partial charge in [0, 0.05) is 53.2 Å². The van der Waals surface area contributed by atoms with Crippen LogP contribution in [0.5, 0.6) is 0 Å². The van der Waals surface area contributed by atoms with Gasteiger partial charge in [0.1, 0.15) is 37.3 Å². The van der Waals surface area contributed by atoms with Gasteiger partial charge in [-0.25, -0.2) is 0 Å². The summed E-state index contributed by atoms with van der Waals surface area (Å²) >= 11 is 7.08. The monoisotopic (exact) mass is 1390 g/mol. The van der Waals surface area contributed by atoms with Crippen molar-refractivity contribution >= 4 is 150 Å². The van der Waals surface area contributed by atoms with E-state index in [1.807, 2.05) is 65.1 Å². The lowest BCUT2D eigenvalue weighted by Gasteiger charge is -2.31. The Morgan fingerprint density at radius 2 is 0.592 bits per heavy atom. The third-order valence-corrected chi connectivity index (χ3v) is 23.3. The van der Waals surface area contributed by atoms with E-state index >= 15 is 0 Å². The first-order valence-electron chi connectivity index (χ1n) is 32.2. The molecule has 4 atom stereocenters. The summed E-state index contributed by atoms with van der Waals surface area (Å²) in [5.74, 6) is -3.59. The average molecular weight is 1390 g/mol. The van der Waals surface area contributed by atoms with Crippen LogP contribution in [0.2, 0.25) is 0 Å². The zero-order valence-electron chi connectivity index (χ0n) is 52.6. The summed E-state index contributed by atoms with van der Waals surface area (Å²) in [6.07, 6.45) is -14.9. The lowest BCUT2D eigenvalue weighted by Crippen LogP contribution is -2.26. The Balaban J connectivity index is 0.000000183. The van der Waals surface area contributed by atoms with Gasteiger partial charge in [0.15, 0.2) is 0 Å². The SMILES string of the molecule is CCC(=O)OC1CCC(OC(=O)CC)c2cc(-c3ccc4c(c3)sc3c5ccc(-c6ccc7c(c6)C(OC(=O)CC(F)(F)F)CCC7OC(=O)CC(F)(F)F)cc5sc43)ccc21.c1ccc2cc(-c3ccc4c(c3)sc3c5ccc(-c6ccc7ccccc7c6)cc5sc43)ccc2c1. The van der Waals surface area contributed by atoms with Crippen molar-refractivity contribution in [1.29, 1.82) is 0 Å². The van der Waals surface area contributed by atoms with Crippen molar-refractivity contribution in [3.05, 3.63) is 216 Å². The predicted molar refractivity (Wildman–Crippen MR) is 382 cm³/mol. The fourth-order valence-corrected chi connectivity index (χ4v) is 19.0. The number of fused-ring (bicyclic) bond motifs is 14. The van der Waals surface area contributed by atoms with E-state index in [1.54, 1.807) is 54.7 Å². The molecule has 0 N–H and O–H groups in total. The molecule has 10 aromatic carbocycles. The number of hydrogen-bond acceptors (Lipinski definition) is 12. The summed E-state index contributed by atoms with van der Waals surface area (Å²) in [6.45, 7) is 3.49. The van der Waals surface area contributed by atoms with E-state index in [9.17, 15) is 45.5 Å². The maximum atomic E-state index is 13.0. The van der Waals surface area contributed by atoms with Gasteiger partial charge in [-0.2, -0.15) is 26.3 Å². The minimum atomic E-state index is -4.80. The van der Waals surface area contributed by atoms with Gasteiger partial charge >= 0.3 is 36.2 Å². The van der Waals surface area contributed by atoms with Gasteiger partial charge in [-0.1, -0.05) is 159 Å². The molecule has 492 valence electrons. The molecule has 0 saturated carbocycles. The van der Waals surface area contributed by atoms with E-state index in [4.69, 9.17) is 18.9 Å². The molecule has 0 radical (unpaired) electrons. The molecule has 14 aromatic rings. The molecule has 2 aliphatic rings. The van der Waals surface area contributed by atoms with Gasteiger partial charge in [0.2, 0.25) is 0 Å². The molecular weight excluding hydrogens is 1330 g/mol. The first kappa shape index (κ1) is 64.5. The van der Waals surface area contributed by atoms with Crippen molar-refractivity contribution in [3.8, 4) is 44.5 Å². The Kier molecular flexibility index (Phi) is 17.2. The van der Waals surface area contributed by atoms with E-state index in [0.717, 1.165) is 57.4 Å². The Labute approximate surface area is 573 Å². The van der Waals surface area contributed by atoms with Crippen LogP contribution in [0.15, 0.2) is 194 Å². The lowest BCUT2D eigenvalue weighted by molar-refractivity contribution is -0.181. The van der Waals surface area contributed by atoms with Gasteiger partial charge in [-0.05, 0) is 163 Å². The van der Waals surface area contributed by atoms with Crippen LogP contribution in [0.1, 0.15) is 112 Å². The number of ether oxygens (including phenoxy) is 4. The van der Waals surface area contributed by atoms with E-state index in [0.29, 0.717) is 18.4 Å². The van der Waals surface area contributed by atoms with Crippen LogP contribution in [0, 0.1) is 0 Å². The highest BCUT2D eigenvalue weighted by Gasteiger charge is 2.39. The third kappa shape index (κ3) is 13.0. The second-order valence-electron chi connectivity index (χ2n) is 24.7. The second kappa shape index (κ2) is 26.1. The van der Waals surface area contributed by atoms with Gasteiger partial charge in [-0.15, -0.1) is 45.3 Å². The highest BCUT2D eigenvalue weighted by molar-refractivity contribution is 7.37. The average Bonchev–Trinajstić information content (AvgIpc) is 1.58. The van der Waals surface area contributed by atoms with Crippen LogP contribution in [0.4, 0.5) is 26.3 Å². The molecular formula is C80H58F6O8S4. The number of esters is 4. The number of hydrogen-bond donors (Lipinski definition) is 0. The number of carbonyl (C=O) groups excluding carboxylic acids is 4. The van der Waals surface area contributed by atoms with Crippen LogP contribution in [-0.4, -0.2) is 36.2 Å². The number of rotatable bonds is 12. The molecule has 0 saturated heterocycles. The minimum Gasteiger partial charge on any atom is -0.457 e. The molecule has 4 aromatic heterocycles. The van der Waals surface area contributed by atoms with Crippen molar-refractivity contribution in [1.82, 2.24) is 0 Å². The van der Waals surface area contributed by atoms with E-state index in [-0.39, 0.29) is 48.7 Å². The zero-order valence-corrected chi connectivity index (χ0v) is 55.9. The summed E-state index contributed by atoms with van der Waals surface area (Å²) in [7, 11) is 0. The summed E-state index contributed by atoms with van der Waals surface area (Å²) in [6, 6.07) is 67.5. The van der Waals surface area contributed by atoms with Crippen molar-refractivity contribution in [2.45, 2.75) is 102 Å². The maximum Gasteiger partial charge on any atom is 0.399 e. The molecule has 0 aliphatic heterocycles. The summed E-state index contributed by atoms with van der Waals surface area (Å²) in [5, 5.41) is 9.94. The number of alkyl halides is 6. The van der Waals surface area contributed by atoms with E-state index in [2.05, 4.69) is 133 Å². The fraction of sp³-hybridized carbons (Fsp3) is 0.200. The predicted octanol–water partition coefficient (Wildman–Crippen LogP) is 24.2. The molecule has 0 fully saturated rings. The molecule has 4 heterocycles. The number of benzene rings is 10. The zero-order chi connectivity index (χ0) is 67.7. The van der Waals surface area contributed by atoms with Crippen LogP contribution >= 0.6 is 45.3 Å². The smallest absolute Gasteiger partial charge is 0.399 e. The lowest BCUT2D eigenvalue weighted by atomic mass is 9.85. The molecule has 16 rings (SSSR count). The standard InChI is InChI=1S/C46H38F6O8S2.C34H20S2/c1-3-39(53)57-33-13-15-35(58-40(54)4-2)31-17-23(5-9-27(31)33)25-7-11-29-37(19-25)61-44-30-12-8-26(20-38(30)62-43(29)44)24-6-10-28-32(18-24)36(60-42(56)22-46(50,51)52)16-14-34(28)59-41(55)21-45(47,48)49;1-3-7-23-17-25(11-9-21(23)5-1)27-13-15-29-31(19-27)35-34-30-16-14-28(20-32(30)36-33(29)34)26-12-10-22-6-2-4-8-24(22)18-26/h5-12,17-20,33-36H,3-4,13-16,21-22H2,1-2H3;1-20H. The summed E-state index contributed by atoms with van der Waals surface area (Å²) in [4.78, 5) is 49.0. The normalized spacial score (nSPS) is 16.3. The molecule has 0 spiro atoms. The van der Waals surface area contributed by atoms with Crippen LogP contribution < -0.4 is 0 Å². The van der Waals surface area contributed by atoms with Crippen molar-refractivity contribution < 1.29 is 64.5 Å². The third-order valence-electron chi connectivity index (χ3n) is 18.3.